The number of hydrogen-bond donors (Lipinski definition) is 3. The van der Waals surface area contributed by atoms with Gasteiger partial charge in [0.2, 0.25) is 5.79 Å². The molecular weight excluding hydrogens is 392 g/mol. The molecule has 3 fully saturated rings. The van der Waals surface area contributed by atoms with E-state index in [0.717, 1.165) is 32.1 Å². The third-order valence-electron chi connectivity index (χ3n) is 11.1. The Morgan fingerprint density at radius 2 is 1.71 bits per heavy atom. The Morgan fingerprint density at radius 1 is 1.00 bits per heavy atom. The molecule has 1 aliphatic heterocycles. The highest BCUT2D eigenvalue weighted by atomic mass is 16.7. The molecule has 8 atom stereocenters. The molecule has 3 N–H and O–H groups in total. The van der Waals surface area contributed by atoms with Gasteiger partial charge in [0.25, 0.3) is 0 Å². The molecule has 4 aliphatic carbocycles. The van der Waals surface area contributed by atoms with Gasteiger partial charge in [0.15, 0.2) is 0 Å². The van der Waals surface area contributed by atoms with Crippen LogP contribution in [0.15, 0.2) is 11.1 Å². The number of esters is 1. The lowest BCUT2D eigenvalue weighted by Gasteiger charge is -2.70. The summed E-state index contributed by atoms with van der Waals surface area (Å²) >= 11 is 0. The maximum Gasteiger partial charge on any atom is 0.337 e. The molecule has 0 bridgehead atoms. The summed E-state index contributed by atoms with van der Waals surface area (Å²) in [5.41, 5.74) is 0.460. The van der Waals surface area contributed by atoms with E-state index in [9.17, 15) is 20.1 Å². The molecule has 0 radical (unpaired) electrons. The first kappa shape index (κ1) is 21.9. The van der Waals surface area contributed by atoms with Crippen LogP contribution in [-0.2, 0) is 9.53 Å². The molecule has 0 aromatic carbocycles. The number of rotatable bonds is 1. The van der Waals surface area contributed by atoms with Gasteiger partial charge in [0, 0.05) is 29.9 Å². The van der Waals surface area contributed by atoms with E-state index in [1.807, 2.05) is 6.92 Å². The molecule has 31 heavy (non-hydrogen) atoms. The topological polar surface area (TPSA) is 87.0 Å². The lowest BCUT2D eigenvalue weighted by atomic mass is 9.35. The Labute approximate surface area is 186 Å². The summed E-state index contributed by atoms with van der Waals surface area (Å²) in [6.07, 6.45) is 6.89. The third-order valence-corrected chi connectivity index (χ3v) is 11.1. The summed E-state index contributed by atoms with van der Waals surface area (Å²) in [4.78, 5) is 12.9. The lowest BCUT2D eigenvalue weighted by molar-refractivity contribution is -0.233. The first-order valence-corrected chi connectivity index (χ1v) is 12.3. The Morgan fingerprint density at radius 3 is 2.39 bits per heavy atom. The number of carbonyl (C=O) groups excluding carboxylic acids is 1. The predicted octanol–water partition coefficient (Wildman–Crippen LogP) is 3.95. The fourth-order valence-electron chi connectivity index (χ4n) is 9.80. The summed E-state index contributed by atoms with van der Waals surface area (Å²) in [6.45, 7) is 10.9. The summed E-state index contributed by atoms with van der Waals surface area (Å²) in [6, 6.07) is 0. The van der Waals surface area contributed by atoms with Gasteiger partial charge in [0.1, 0.15) is 0 Å². The van der Waals surface area contributed by atoms with Crippen LogP contribution in [0, 0.1) is 39.4 Å². The van der Waals surface area contributed by atoms with Gasteiger partial charge in [-0.1, -0.05) is 34.1 Å². The summed E-state index contributed by atoms with van der Waals surface area (Å²) < 4.78 is 5.37. The highest BCUT2D eigenvalue weighted by molar-refractivity contribution is 5.94. The van der Waals surface area contributed by atoms with E-state index in [-0.39, 0.29) is 34.7 Å². The normalized spacial score (nSPS) is 53.2. The van der Waals surface area contributed by atoms with Crippen LogP contribution in [0.2, 0.25) is 0 Å². The van der Waals surface area contributed by atoms with E-state index in [2.05, 4.69) is 20.8 Å². The van der Waals surface area contributed by atoms with Crippen LogP contribution in [0.5, 0.6) is 0 Å². The predicted molar refractivity (Wildman–Crippen MR) is 117 cm³/mol. The summed E-state index contributed by atoms with van der Waals surface area (Å²) in [5, 5.41) is 33.3. The van der Waals surface area contributed by atoms with Crippen molar-refractivity contribution in [3.8, 4) is 0 Å². The van der Waals surface area contributed by atoms with E-state index in [1.165, 1.54) is 6.42 Å². The Bertz CT molecular complexity index is 843. The molecule has 174 valence electrons. The lowest BCUT2D eigenvalue weighted by Crippen LogP contribution is -2.67. The van der Waals surface area contributed by atoms with Gasteiger partial charge >= 0.3 is 5.97 Å². The van der Waals surface area contributed by atoms with Crippen molar-refractivity contribution < 1.29 is 24.9 Å². The van der Waals surface area contributed by atoms with Crippen molar-refractivity contribution in [2.45, 2.75) is 97.9 Å². The molecule has 0 spiro atoms. The van der Waals surface area contributed by atoms with Gasteiger partial charge < -0.3 is 20.1 Å². The molecule has 5 heteroatoms. The summed E-state index contributed by atoms with van der Waals surface area (Å²) in [5.74, 6) is -1.20. The molecule has 1 unspecified atom stereocenters. The number of ether oxygens (including phenoxy) is 1. The molecule has 1 heterocycles. The first-order chi connectivity index (χ1) is 14.3. The number of fused-ring (bicyclic) bond motifs is 6. The number of aliphatic hydroxyl groups is 3. The minimum atomic E-state index is -1.56. The van der Waals surface area contributed by atoms with Gasteiger partial charge in [-0.15, -0.1) is 0 Å². The van der Waals surface area contributed by atoms with Crippen LogP contribution in [0.25, 0.3) is 0 Å². The molecule has 5 aliphatic rings. The number of aliphatic hydroxyl groups excluding tert-OH is 2. The van der Waals surface area contributed by atoms with Crippen molar-refractivity contribution in [1.82, 2.24) is 0 Å². The second kappa shape index (κ2) is 6.36. The van der Waals surface area contributed by atoms with E-state index >= 15 is 0 Å². The Hall–Kier alpha value is -0.910. The SMILES string of the molecule is CC1(O)OC(=O)C2=C1CC[C@H]1[C@]3(C)CC[C@H]4C(C)(C)CCC[C@]4(CO)[C@H]3C[C@@H](O)[C@]21C. The van der Waals surface area contributed by atoms with Crippen LogP contribution >= 0.6 is 0 Å². The van der Waals surface area contributed by atoms with Gasteiger partial charge in [0.05, 0.1) is 11.7 Å². The molecule has 0 saturated heterocycles. The van der Waals surface area contributed by atoms with Crippen molar-refractivity contribution in [3.05, 3.63) is 11.1 Å². The highest BCUT2D eigenvalue weighted by Gasteiger charge is 2.70. The highest BCUT2D eigenvalue weighted by Crippen LogP contribution is 2.73. The number of carbonyl (C=O) groups is 1. The smallest absolute Gasteiger partial charge is 0.337 e. The monoisotopic (exact) mass is 432 g/mol. The van der Waals surface area contributed by atoms with Crippen molar-refractivity contribution in [3.63, 3.8) is 0 Å². The molecule has 0 aromatic rings. The van der Waals surface area contributed by atoms with E-state index < -0.39 is 23.3 Å². The van der Waals surface area contributed by atoms with E-state index in [4.69, 9.17) is 4.74 Å². The number of hydrogen-bond acceptors (Lipinski definition) is 5. The van der Waals surface area contributed by atoms with Crippen molar-refractivity contribution in [2.24, 2.45) is 39.4 Å². The summed E-state index contributed by atoms with van der Waals surface area (Å²) in [7, 11) is 0. The standard InChI is InChI=1S/C26H40O5/c1-22(2)10-6-11-26(14-27)16(22)9-12-23(3)17-8-7-15-20(21(29)31-25(15,5)30)24(17,4)19(28)13-18(23)26/h16-19,27-28,30H,6-14H2,1-5H3/t16-,17-,18-,19+,23-,24+,25?,26+/m0/s1. The minimum absolute atomic E-state index is 0.0616. The average Bonchev–Trinajstić information content (AvgIpc) is 2.92. The maximum absolute atomic E-state index is 12.9. The van der Waals surface area contributed by atoms with E-state index in [1.54, 1.807) is 6.92 Å². The third kappa shape index (κ3) is 2.52. The van der Waals surface area contributed by atoms with Crippen molar-refractivity contribution in [2.75, 3.05) is 6.61 Å². The minimum Gasteiger partial charge on any atom is -0.426 e. The first-order valence-electron chi connectivity index (χ1n) is 12.3. The molecular formula is C26H40O5. The van der Waals surface area contributed by atoms with Crippen LogP contribution in [0.4, 0.5) is 0 Å². The van der Waals surface area contributed by atoms with Crippen LogP contribution in [0.3, 0.4) is 0 Å². The largest absolute Gasteiger partial charge is 0.426 e. The zero-order valence-corrected chi connectivity index (χ0v) is 19.8. The molecule has 0 aromatic heterocycles. The van der Waals surface area contributed by atoms with Gasteiger partial charge in [-0.2, -0.15) is 0 Å². The Balaban J connectivity index is 1.63. The molecule has 5 nitrogen and oxygen atoms in total. The maximum atomic E-state index is 12.9. The molecule has 5 rings (SSSR count). The van der Waals surface area contributed by atoms with Crippen LogP contribution in [0.1, 0.15) is 86.0 Å². The fraction of sp³-hybridized carbons (Fsp3) is 0.885. The van der Waals surface area contributed by atoms with Crippen molar-refractivity contribution in [1.29, 1.82) is 0 Å². The van der Waals surface area contributed by atoms with Crippen LogP contribution in [-0.4, -0.2) is 39.8 Å². The molecule has 0 amide bonds. The van der Waals surface area contributed by atoms with E-state index in [0.29, 0.717) is 29.9 Å². The fourth-order valence-corrected chi connectivity index (χ4v) is 9.80. The van der Waals surface area contributed by atoms with Crippen LogP contribution < -0.4 is 0 Å². The second-order valence-electron chi connectivity index (χ2n) is 12.7. The quantitative estimate of drug-likeness (QED) is 0.546. The van der Waals surface area contributed by atoms with Gasteiger partial charge in [-0.25, -0.2) is 4.79 Å². The van der Waals surface area contributed by atoms with Gasteiger partial charge in [-0.05, 0) is 73.5 Å². The van der Waals surface area contributed by atoms with Crippen molar-refractivity contribution >= 4 is 5.97 Å². The average molecular weight is 433 g/mol. The molecule has 3 saturated carbocycles. The second-order valence-corrected chi connectivity index (χ2v) is 12.7. The zero-order chi connectivity index (χ0) is 22.6. The zero-order valence-electron chi connectivity index (χ0n) is 19.8. The number of cyclic esters (lactones) is 1. The Kier molecular flexibility index (Phi) is 4.49. The van der Waals surface area contributed by atoms with Gasteiger partial charge in [-0.3, -0.25) is 0 Å².